The van der Waals surface area contributed by atoms with Crippen LogP contribution in [-0.4, -0.2) is 5.91 Å². The molecule has 0 unspecified atom stereocenters. The van der Waals surface area contributed by atoms with Crippen LogP contribution < -0.4 is 5.32 Å². The molecule has 104 valence electrons. The van der Waals surface area contributed by atoms with Crippen molar-refractivity contribution in [3.8, 4) is 0 Å². The minimum absolute atomic E-state index is 0.0618. The predicted octanol–water partition coefficient (Wildman–Crippen LogP) is 4.77. The Balaban J connectivity index is 2.36. The maximum atomic E-state index is 14.0. The van der Waals surface area contributed by atoms with Crippen molar-refractivity contribution in [2.75, 3.05) is 5.32 Å². The number of benzene rings is 2. The van der Waals surface area contributed by atoms with Gasteiger partial charge < -0.3 is 5.32 Å². The van der Waals surface area contributed by atoms with E-state index in [4.69, 9.17) is 0 Å². The van der Waals surface area contributed by atoms with Gasteiger partial charge in [0.15, 0.2) is 0 Å². The van der Waals surface area contributed by atoms with Crippen molar-refractivity contribution in [2.45, 2.75) is 20.8 Å². The maximum absolute atomic E-state index is 14.0. The summed E-state index contributed by atoms with van der Waals surface area (Å²) in [6.45, 7) is 5.45. The molecule has 0 aliphatic heterocycles. The van der Waals surface area contributed by atoms with Crippen molar-refractivity contribution >= 4 is 27.5 Å². The molecule has 0 spiro atoms. The number of rotatable bonds is 2. The highest BCUT2D eigenvalue weighted by atomic mass is 79.9. The topological polar surface area (TPSA) is 29.1 Å². The van der Waals surface area contributed by atoms with Gasteiger partial charge in [-0.25, -0.2) is 4.39 Å². The molecule has 0 fully saturated rings. The van der Waals surface area contributed by atoms with Crippen molar-refractivity contribution in [1.82, 2.24) is 0 Å². The standard InChI is InChI=1S/C16H15BrFNO/c1-9-5-4-6-13(14(9)18)16(20)19-15-10(2)7-12(17)8-11(15)3/h4-8H,1-3H3,(H,19,20). The number of carbonyl (C=O) groups is 1. The van der Waals surface area contributed by atoms with Crippen LogP contribution in [0.5, 0.6) is 0 Å². The van der Waals surface area contributed by atoms with Gasteiger partial charge in [-0.15, -0.1) is 0 Å². The summed E-state index contributed by atoms with van der Waals surface area (Å²) >= 11 is 3.41. The van der Waals surface area contributed by atoms with Gasteiger partial charge in [-0.1, -0.05) is 28.1 Å². The van der Waals surface area contributed by atoms with E-state index in [0.29, 0.717) is 5.56 Å². The molecule has 2 aromatic rings. The number of nitrogens with one attached hydrogen (secondary N) is 1. The number of hydrogen-bond donors (Lipinski definition) is 1. The van der Waals surface area contributed by atoms with E-state index in [0.717, 1.165) is 21.3 Å². The zero-order valence-electron chi connectivity index (χ0n) is 11.6. The summed E-state index contributed by atoms with van der Waals surface area (Å²) < 4.78 is 14.9. The minimum atomic E-state index is -0.475. The number of aryl methyl sites for hydroxylation is 3. The number of hydrogen-bond acceptors (Lipinski definition) is 1. The first-order valence-corrected chi connectivity index (χ1v) is 7.02. The van der Waals surface area contributed by atoms with Gasteiger partial charge in [-0.05, 0) is 55.7 Å². The summed E-state index contributed by atoms with van der Waals surface area (Å²) in [6, 6.07) is 8.63. The van der Waals surface area contributed by atoms with Crippen LogP contribution in [0.3, 0.4) is 0 Å². The van der Waals surface area contributed by atoms with Crippen molar-refractivity contribution < 1.29 is 9.18 Å². The molecule has 20 heavy (non-hydrogen) atoms. The highest BCUT2D eigenvalue weighted by molar-refractivity contribution is 9.10. The first kappa shape index (κ1) is 14.7. The van der Waals surface area contributed by atoms with Crippen molar-refractivity contribution in [3.05, 3.63) is 62.9 Å². The molecule has 2 aromatic carbocycles. The Kier molecular flexibility index (Phi) is 4.23. The molecule has 0 radical (unpaired) electrons. The summed E-state index contributed by atoms with van der Waals surface area (Å²) in [5, 5.41) is 2.79. The van der Waals surface area contributed by atoms with Crippen LogP contribution in [0.15, 0.2) is 34.8 Å². The molecule has 1 amide bonds. The van der Waals surface area contributed by atoms with Crippen molar-refractivity contribution in [1.29, 1.82) is 0 Å². The third kappa shape index (κ3) is 2.90. The lowest BCUT2D eigenvalue weighted by Gasteiger charge is -2.13. The molecule has 1 N–H and O–H groups in total. The monoisotopic (exact) mass is 335 g/mol. The molecule has 0 bridgehead atoms. The molecule has 0 aromatic heterocycles. The Labute approximate surface area is 126 Å². The maximum Gasteiger partial charge on any atom is 0.258 e. The zero-order chi connectivity index (χ0) is 14.9. The molecule has 0 atom stereocenters. The van der Waals surface area contributed by atoms with Crippen LogP contribution >= 0.6 is 15.9 Å². The zero-order valence-corrected chi connectivity index (χ0v) is 13.1. The molecule has 0 saturated carbocycles. The minimum Gasteiger partial charge on any atom is -0.321 e. The first-order chi connectivity index (χ1) is 9.40. The fourth-order valence-corrected chi connectivity index (χ4v) is 2.80. The summed E-state index contributed by atoms with van der Waals surface area (Å²) in [6.07, 6.45) is 0. The second-order valence-corrected chi connectivity index (χ2v) is 5.72. The summed E-state index contributed by atoms with van der Waals surface area (Å²) in [7, 11) is 0. The lowest BCUT2D eigenvalue weighted by molar-refractivity contribution is 0.102. The van der Waals surface area contributed by atoms with Gasteiger partial charge in [0, 0.05) is 10.2 Å². The quantitative estimate of drug-likeness (QED) is 0.841. The number of amides is 1. The van der Waals surface area contributed by atoms with Crippen molar-refractivity contribution in [2.24, 2.45) is 0 Å². The molecular formula is C16H15BrFNO. The van der Waals surface area contributed by atoms with E-state index in [9.17, 15) is 9.18 Å². The van der Waals surface area contributed by atoms with E-state index in [1.165, 1.54) is 6.07 Å². The Hall–Kier alpha value is -1.68. The van der Waals surface area contributed by atoms with Gasteiger partial charge >= 0.3 is 0 Å². The summed E-state index contributed by atoms with van der Waals surface area (Å²) in [5.41, 5.74) is 3.10. The Morgan fingerprint density at radius 2 is 1.70 bits per heavy atom. The van der Waals surface area contributed by atoms with Gasteiger partial charge in [-0.2, -0.15) is 0 Å². The SMILES string of the molecule is Cc1cccc(C(=O)Nc2c(C)cc(Br)cc2C)c1F. The number of anilines is 1. The largest absolute Gasteiger partial charge is 0.321 e. The normalized spacial score (nSPS) is 10.4. The highest BCUT2D eigenvalue weighted by Gasteiger charge is 2.15. The summed E-state index contributed by atoms with van der Waals surface area (Å²) in [4.78, 5) is 12.2. The van der Waals surface area contributed by atoms with E-state index >= 15 is 0 Å². The molecule has 0 aliphatic rings. The van der Waals surface area contributed by atoms with Gasteiger partial charge in [0.25, 0.3) is 5.91 Å². The van der Waals surface area contributed by atoms with Crippen LogP contribution in [0.2, 0.25) is 0 Å². The summed E-state index contributed by atoms with van der Waals surface area (Å²) in [5.74, 6) is -0.905. The molecule has 2 rings (SSSR count). The second kappa shape index (κ2) is 5.75. The average molecular weight is 336 g/mol. The van der Waals surface area contributed by atoms with Crippen molar-refractivity contribution in [3.63, 3.8) is 0 Å². The van der Waals surface area contributed by atoms with Crippen LogP contribution in [0, 0.1) is 26.6 Å². The van der Waals surface area contributed by atoms with E-state index in [1.807, 2.05) is 26.0 Å². The van der Waals surface area contributed by atoms with E-state index < -0.39 is 11.7 Å². The lowest BCUT2D eigenvalue weighted by atomic mass is 10.1. The Morgan fingerprint density at radius 3 is 2.30 bits per heavy atom. The molecule has 0 heterocycles. The third-order valence-electron chi connectivity index (χ3n) is 3.17. The van der Waals surface area contributed by atoms with Crippen LogP contribution in [0.25, 0.3) is 0 Å². The van der Waals surface area contributed by atoms with Gasteiger partial charge in [0.1, 0.15) is 5.82 Å². The van der Waals surface area contributed by atoms with Gasteiger partial charge in [0.05, 0.1) is 5.56 Å². The van der Waals surface area contributed by atoms with Gasteiger partial charge in [0.2, 0.25) is 0 Å². The lowest BCUT2D eigenvalue weighted by Crippen LogP contribution is -2.16. The molecule has 2 nitrogen and oxygen atoms in total. The van der Waals surface area contributed by atoms with Crippen LogP contribution in [0.4, 0.5) is 10.1 Å². The Morgan fingerprint density at radius 1 is 1.10 bits per heavy atom. The van der Waals surface area contributed by atoms with E-state index in [1.54, 1.807) is 19.1 Å². The number of carbonyl (C=O) groups excluding carboxylic acids is 1. The average Bonchev–Trinajstić information content (AvgIpc) is 2.36. The van der Waals surface area contributed by atoms with Crippen LogP contribution in [-0.2, 0) is 0 Å². The second-order valence-electron chi connectivity index (χ2n) is 4.81. The molecule has 4 heteroatoms. The molecule has 0 saturated heterocycles. The molecular weight excluding hydrogens is 321 g/mol. The van der Waals surface area contributed by atoms with Crippen LogP contribution in [0.1, 0.15) is 27.0 Å². The smallest absolute Gasteiger partial charge is 0.258 e. The first-order valence-electron chi connectivity index (χ1n) is 6.23. The van der Waals surface area contributed by atoms with Gasteiger partial charge in [-0.3, -0.25) is 4.79 Å². The fraction of sp³-hybridized carbons (Fsp3) is 0.188. The highest BCUT2D eigenvalue weighted by Crippen LogP contribution is 2.26. The van der Waals surface area contributed by atoms with E-state index in [2.05, 4.69) is 21.2 Å². The molecule has 0 aliphatic carbocycles. The number of halogens is 2. The fourth-order valence-electron chi connectivity index (χ4n) is 2.11. The predicted molar refractivity (Wildman–Crippen MR) is 82.7 cm³/mol. The Bertz CT molecular complexity index is 659. The third-order valence-corrected chi connectivity index (χ3v) is 3.63. The van der Waals surface area contributed by atoms with E-state index in [-0.39, 0.29) is 5.56 Å².